The van der Waals surface area contributed by atoms with Crippen molar-refractivity contribution < 1.29 is 4.79 Å². The molecule has 1 radical (unpaired) electrons. The number of hydrogen-bond donors (Lipinski definition) is 1. The van der Waals surface area contributed by atoms with Crippen LogP contribution in [0.3, 0.4) is 0 Å². The Kier molecular flexibility index (Phi) is 5.90. The van der Waals surface area contributed by atoms with Crippen LogP contribution in [0.25, 0.3) is 0 Å². The maximum Gasteiger partial charge on any atom is 0.227 e. The second-order valence-corrected chi connectivity index (χ2v) is 5.21. The standard InChI is InChI=1S/C16H24NO/c1-5-10-17-16(18)13(4)15-8-6-14(7-9-15)11-12(2)3/h6-9,12-13H,1,5,10-11H2,2-4H3,(H,17,18)/t13-/m1/s1. The van der Waals surface area contributed by atoms with E-state index in [9.17, 15) is 4.79 Å². The molecule has 2 heteroatoms. The summed E-state index contributed by atoms with van der Waals surface area (Å²) in [7, 11) is 0. The molecule has 1 amide bonds. The maximum atomic E-state index is 11.8. The fraction of sp³-hybridized carbons (Fsp3) is 0.500. The summed E-state index contributed by atoms with van der Waals surface area (Å²) >= 11 is 0. The molecule has 1 atom stereocenters. The third kappa shape index (κ3) is 4.52. The van der Waals surface area contributed by atoms with Gasteiger partial charge in [-0.25, -0.2) is 0 Å². The van der Waals surface area contributed by atoms with Crippen LogP contribution in [-0.4, -0.2) is 12.5 Å². The molecule has 0 spiro atoms. The van der Waals surface area contributed by atoms with Gasteiger partial charge < -0.3 is 5.32 Å². The van der Waals surface area contributed by atoms with Crippen molar-refractivity contribution in [2.24, 2.45) is 5.92 Å². The third-order valence-corrected chi connectivity index (χ3v) is 2.99. The van der Waals surface area contributed by atoms with Crippen molar-refractivity contribution in [1.82, 2.24) is 5.32 Å². The van der Waals surface area contributed by atoms with Crippen LogP contribution in [0.4, 0.5) is 0 Å². The van der Waals surface area contributed by atoms with Gasteiger partial charge in [-0.15, -0.1) is 0 Å². The van der Waals surface area contributed by atoms with Crippen molar-refractivity contribution >= 4 is 5.91 Å². The van der Waals surface area contributed by atoms with Gasteiger partial charge in [0.15, 0.2) is 0 Å². The fourth-order valence-corrected chi connectivity index (χ4v) is 1.93. The second-order valence-electron chi connectivity index (χ2n) is 5.21. The third-order valence-electron chi connectivity index (χ3n) is 2.99. The average molecular weight is 246 g/mol. The molecule has 0 aliphatic carbocycles. The van der Waals surface area contributed by atoms with E-state index in [0.717, 1.165) is 18.4 Å². The largest absolute Gasteiger partial charge is 0.356 e. The molecule has 0 aliphatic rings. The van der Waals surface area contributed by atoms with Gasteiger partial charge in [-0.1, -0.05) is 45.0 Å². The van der Waals surface area contributed by atoms with Gasteiger partial charge in [0.2, 0.25) is 5.91 Å². The molecule has 1 aromatic rings. The maximum absolute atomic E-state index is 11.8. The highest BCUT2D eigenvalue weighted by Crippen LogP contribution is 2.17. The van der Waals surface area contributed by atoms with E-state index in [1.54, 1.807) is 0 Å². The number of nitrogens with one attached hydrogen (secondary N) is 1. The van der Waals surface area contributed by atoms with Crippen LogP contribution < -0.4 is 5.32 Å². The topological polar surface area (TPSA) is 29.1 Å². The Bertz CT molecular complexity index is 367. The second kappa shape index (κ2) is 7.20. The lowest BCUT2D eigenvalue weighted by atomic mass is 9.96. The summed E-state index contributed by atoms with van der Waals surface area (Å²) in [6.45, 7) is 10.7. The average Bonchev–Trinajstić information content (AvgIpc) is 2.35. The molecule has 1 rings (SSSR count). The lowest BCUT2D eigenvalue weighted by Crippen LogP contribution is -2.28. The zero-order valence-electron chi connectivity index (χ0n) is 11.7. The molecule has 0 heterocycles. The first-order chi connectivity index (χ1) is 8.54. The fourth-order valence-electron chi connectivity index (χ4n) is 1.93. The molecule has 0 aromatic heterocycles. The number of carbonyl (C=O) groups is 1. The Balaban J connectivity index is 2.63. The van der Waals surface area contributed by atoms with Crippen LogP contribution in [0.15, 0.2) is 24.3 Å². The summed E-state index contributed by atoms with van der Waals surface area (Å²) in [5.41, 5.74) is 2.41. The van der Waals surface area contributed by atoms with E-state index in [1.807, 2.05) is 6.92 Å². The number of carbonyl (C=O) groups excluding carboxylic acids is 1. The van der Waals surface area contributed by atoms with Crippen LogP contribution in [-0.2, 0) is 11.2 Å². The number of hydrogen-bond acceptors (Lipinski definition) is 1. The Hall–Kier alpha value is -1.31. The van der Waals surface area contributed by atoms with Gasteiger partial charge in [0.1, 0.15) is 0 Å². The summed E-state index contributed by atoms with van der Waals surface area (Å²) in [6, 6.07) is 8.37. The van der Waals surface area contributed by atoms with Crippen LogP contribution in [0.5, 0.6) is 0 Å². The summed E-state index contributed by atoms with van der Waals surface area (Å²) in [5.74, 6) is 0.647. The normalized spacial score (nSPS) is 12.5. The molecule has 99 valence electrons. The first kappa shape index (κ1) is 14.7. The van der Waals surface area contributed by atoms with Crippen LogP contribution >= 0.6 is 0 Å². The SMILES string of the molecule is [CH2]CCNC(=O)[C@H](C)c1ccc(CC(C)C)cc1. The van der Waals surface area contributed by atoms with Crippen molar-refractivity contribution in [3.63, 3.8) is 0 Å². The predicted molar refractivity (Wildman–Crippen MR) is 76.4 cm³/mol. The molecule has 2 nitrogen and oxygen atoms in total. The molecular formula is C16H24NO. The van der Waals surface area contributed by atoms with Crippen molar-refractivity contribution in [3.8, 4) is 0 Å². The van der Waals surface area contributed by atoms with Crippen molar-refractivity contribution in [2.75, 3.05) is 6.54 Å². The van der Waals surface area contributed by atoms with Crippen LogP contribution in [0.1, 0.15) is 44.2 Å². The highest BCUT2D eigenvalue weighted by Gasteiger charge is 2.14. The summed E-state index contributed by atoms with van der Waals surface area (Å²) in [5, 5.41) is 2.88. The summed E-state index contributed by atoms with van der Waals surface area (Å²) in [6.07, 6.45) is 1.81. The first-order valence-electron chi connectivity index (χ1n) is 6.70. The van der Waals surface area contributed by atoms with Crippen molar-refractivity contribution in [2.45, 2.75) is 39.5 Å². The number of benzene rings is 1. The molecule has 0 bridgehead atoms. The summed E-state index contributed by atoms with van der Waals surface area (Å²) in [4.78, 5) is 11.8. The minimum absolute atomic E-state index is 0.0789. The van der Waals surface area contributed by atoms with Gasteiger partial charge in [0.05, 0.1) is 5.92 Å². The van der Waals surface area contributed by atoms with Crippen molar-refractivity contribution in [3.05, 3.63) is 42.3 Å². The molecule has 0 fully saturated rings. The number of amides is 1. The lowest BCUT2D eigenvalue weighted by Gasteiger charge is -2.13. The molecule has 0 unspecified atom stereocenters. The lowest BCUT2D eigenvalue weighted by molar-refractivity contribution is -0.122. The summed E-state index contributed by atoms with van der Waals surface area (Å²) < 4.78 is 0. The Morgan fingerprint density at radius 3 is 2.33 bits per heavy atom. The van der Waals surface area contributed by atoms with Gasteiger partial charge in [-0.05, 0) is 36.8 Å². The van der Waals surface area contributed by atoms with Crippen LogP contribution in [0.2, 0.25) is 0 Å². The Morgan fingerprint density at radius 1 is 1.22 bits per heavy atom. The van der Waals surface area contributed by atoms with E-state index < -0.39 is 0 Å². The van der Waals surface area contributed by atoms with Gasteiger partial charge in [-0.2, -0.15) is 0 Å². The quantitative estimate of drug-likeness (QED) is 0.819. The highest BCUT2D eigenvalue weighted by atomic mass is 16.1. The van der Waals surface area contributed by atoms with E-state index >= 15 is 0 Å². The smallest absolute Gasteiger partial charge is 0.227 e. The molecular weight excluding hydrogens is 222 g/mol. The van der Waals surface area contributed by atoms with Gasteiger partial charge in [-0.3, -0.25) is 4.79 Å². The van der Waals surface area contributed by atoms with Crippen molar-refractivity contribution in [1.29, 1.82) is 0 Å². The highest BCUT2D eigenvalue weighted by molar-refractivity contribution is 5.83. The molecule has 0 saturated carbocycles. The van der Waals surface area contributed by atoms with Gasteiger partial charge >= 0.3 is 0 Å². The predicted octanol–water partition coefficient (Wildman–Crippen LogP) is 3.33. The Morgan fingerprint density at radius 2 is 1.83 bits per heavy atom. The van der Waals surface area contributed by atoms with E-state index in [2.05, 4.69) is 50.4 Å². The van der Waals surface area contributed by atoms with Crippen LogP contribution in [0, 0.1) is 12.8 Å². The minimum atomic E-state index is -0.0929. The molecule has 0 aliphatic heterocycles. The molecule has 1 N–H and O–H groups in total. The Labute approximate surface area is 111 Å². The first-order valence-corrected chi connectivity index (χ1v) is 6.70. The van der Waals surface area contributed by atoms with E-state index in [1.165, 1.54) is 5.56 Å². The monoisotopic (exact) mass is 246 g/mol. The molecule has 18 heavy (non-hydrogen) atoms. The molecule has 0 saturated heterocycles. The zero-order chi connectivity index (χ0) is 13.5. The van der Waals surface area contributed by atoms with E-state index in [4.69, 9.17) is 0 Å². The van der Waals surface area contributed by atoms with E-state index in [0.29, 0.717) is 12.5 Å². The minimum Gasteiger partial charge on any atom is -0.356 e. The number of rotatable bonds is 6. The molecule has 1 aromatic carbocycles. The zero-order valence-corrected chi connectivity index (χ0v) is 11.7. The van der Waals surface area contributed by atoms with Gasteiger partial charge in [0, 0.05) is 6.54 Å². The van der Waals surface area contributed by atoms with Gasteiger partial charge in [0.25, 0.3) is 0 Å². The van der Waals surface area contributed by atoms with E-state index in [-0.39, 0.29) is 11.8 Å².